The van der Waals surface area contributed by atoms with Crippen LogP contribution in [0.4, 0.5) is 17.1 Å². The normalized spacial score (nSPS) is 12.0. The molecule has 0 amide bonds. The van der Waals surface area contributed by atoms with E-state index < -0.39 is 0 Å². The van der Waals surface area contributed by atoms with Crippen molar-refractivity contribution < 1.29 is 14.2 Å². The van der Waals surface area contributed by atoms with Gasteiger partial charge in [0.2, 0.25) is 0 Å². The van der Waals surface area contributed by atoms with E-state index in [9.17, 15) is 0 Å². The predicted molar refractivity (Wildman–Crippen MR) is 184 cm³/mol. The number of nitrogens with zero attached hydrogens (tertiary/aromatic N) is 3. The Hall–Kier alpha value is -2.97. The minimum Gasteiger partial charge on any atom is -0.379 e. The summed E-state index contributed by atoms with van der Waals surface area (Å²) in [6.45, 7) is 20.3. The molecule has 42 heavy (non-hydrogen) atoms. The van der Waals surface area contributed by atoms with E-state index in [1.165, 1.54) is 32.7 Å². The molecule has 2 aromatic carbocycles. The van der Waals surface area contributed by atoms with Crippen molar-refractivity contribution >= 4 is 45.5 Å². The van der Waals surface area contributed by atoms with Crippen LogP contribution < -0.4 is 0 Å². The molecule has 0 saturated carbocycles. The van der Waals surface area contributed by atoms with Gasteiger partial charge in [0, 0.05) is 43.3 Å². The van der Waals surface area contributed by atoms with Gasteiger partial charge in [-0.15, -0.1) is 11.3 Å². The van der Waals surface area contributed by atoms with E-state index >= 15 is 0 Å². The number of hydrogen-bond acceptors (Lipinski definition) is 7. The Morgan fingerprint density at radius 2 is 1.00 bits per heavy atom. The highest BCUT2D eigenvalue weighted by Crippen LogP contribution is 2.29. The van der Waals surface area contributed by atoms with Crippen LogP contribution >= 0.6 is 11.3 Å². The number of rotatable bonds is 10. The number of aryl methyl sites for hydroxylation is 6. The third-order valence-corrected chi connectivity index (χ3v) is 7.25. The standard InChI is InChI=1S/C13H19NO.C12H17NO.C10H15NOS/c1-5-12-8-6-7-10(2)13(12)14-11(3)9-15-4;1-9-6-5-7-10(2)12(9)13-11(3)8-14-4;1-7-6-13-9(3)10(7)11-8(2)5-12-4/h6-8H,5,9H2,1-4H3;5-7H,8H2,1-4H3;6H,5H2,1-4H3. The number of hydrogen-bond donors (Lipinski definition) is 0. The Kier molecular flexibility index (Phi) is 17.7. The van der Waals surface area contributed by atoms with E-state index in [0.29, 0.717) is 19.8 Å². The van der Waals surface area contributed by atoms with E-state index in [1.807, 2.05) is 20.8 Å². The first-order valence-electron chi connectivity index (χ1n) is 14.3. The minimum atomic E-state index is 0.591. The zero-order valence-corrected chi connectivity index (χ0v) is 28.7. The summed E-state index contributed by atoms with van der Waals surface area (Å²) in [5, 5.41) is 2.13. The quantitative estimate of drug-likeness (QED) is 0.220. The molecule has 0 radical (unpaired) electrons. The molecular formula is C35H51N3O3S. The molecule has 0 saturated heterocycles. The van der Waals surface area contributed by atoms with Gasteiger partial charge in [-0.1, -0.05) is 43.3 Å². The van der Waals surface area contributed by atoms with Crippen LogP contribution in [-0.2, 0) is 20.6 Å². The lowest BCUT2D eigenvalue weighted by Gasteiger charge is -2.07. The summed E-state index contributed by atoms with van der Waals surface area (Å²) in [6.07, 6.45) is 1.01. The highest BCUT2D eigenvalue weighted by molar-refractivity contribution is 7.10. The fraction of sp³-hybridized carbons (Fsp3) is 0.457. The van der Waals surface area contributed by atoms with Crippen LogP contribution in [0.25, 0.3) is 0 Å². The molecule has 0 atom stereocenters. The van der Waals surface area contributed by atoms with Gasteiger partial charge < -0.3 is 14.2 Å². The molecule has 0 fully saturated rings. The molecule has 0 unspecified atom stereocenters. The molecule has 0 N–H and O–H groups in total. The molecule has 230 valence electrons. The largest absolute Gasteiger partial charge is 0.379 e. The van der Waals surface area contributed by atoms with Crippen molar-refractivity contribution in [1.82, 2.24) is 0 Å². The van der Waals surface area contributed by atoms with Gasteiger partial charge in [0.05, 0.1) is 36.9 Å². The van der Waals surface area contributed by atoms with E-state index in [2.05, 4.69) is 98.3 Å². The molecule has 0 aliphatic rings. The fourth-order valence-electron chi connectivity index (χ4n) is 4.18. The average molecular weight is 594 g/mol. The molecule has 1 aromatic heterocycles. The predicted octanol–water partition coefficient (Wildman–Crippen LogP) is 9.44. The third kappa shape index (κ3) is 12.9. The van der Waals surface area contributed by atoms with E-state index in [1.54, 1.807) is 32.7 Å². The summed E-state index contributed by atoms with van der Waals surface area (Å²) in [6, 6.07) is 12.5. The second-order valence-electron chi connectivity index (χ2n) is 10.3. The highest BCUT2D eigenvalue weighted by atomic mass is 32.1. The molecule has 3 rings (SSSR count). The van der Waals surface area contributed by atoms with Crippen molar-refractivity contribution in [3.05, 3.63) is 74.5 Å². The second-order valence-corrected chi connectivity index (χ2v) is 11.4. The van der Waals surface area contributed by atoms with Gasteiger partial charge >= 0.3 is 0 Å². The number of para-hydroxylation sites is 2. The first-order valence-corrected chi connectivity index (χ1v) is 15.1. The van der Waals surface area contributed by atoms with Crippen LogP contribution in [0.5, 0.6) is 0 Å². The maximum atomic E-state index is 5.06. The molecule has 1 heterocycles. The van der Waals surface area contributed by atoms with Gasteiger partial charge in [0.15, 0.2) is 0 Å². The van der Waals surface area contributed by atoms with Gasteiger partial charge in [-0.2, -0.15) is 0 Å². The number of benzene rings is 2. The van der Waals surface area contributed by atoms with Crippen molar-refractivity contribution in [3.8, 4) is 0 Å². The maximum absolute atomic E-state index is 5.06. The van der Waals surface area contributed by atoms with E-state index in [4.69, 9.17) is 14.2 Å². The first kappa shape index (κ1) is 37.1. The molecule has 0 bridgehead atoms. The van der Waals surface area contributed by atoms with Crippen molar-refractivity contribution in [2.24, 2.45) is 15.0 Å². The lowest BCUT2D eigenvalue weighted by atomic mass is 10.1. The highest BCUT2D eigenvalue weighted by Gasteiger charge is 2.04. The summed E-state index contributed by atoms with van der Waals surface area (Å²) in [7, 11) is 5.06. The van der Waals surface area contributed by atoms with Gasteiger partial charge in [-0.25, -0.2) is 0 Å². The van der Waals surface area contributed by atoms with Gasteiger partial charge in [-0.3, -0.25) is 15.0 Å². The molecule has 0 spiro atoms. The second kappa shape index (κ2) is 20.0. The van der Waals surface area contributed by atoms with Gasteiger partial charge in [0.1, 0.15) is 0 Å². The lowest BCUT2D eigenvalue weighted by molar-refractivity contribution is 0.245. The Bertz CT molecular complexity index is 1300. The van der Waals surface area contributed by atoms with Crippen LogP contribution in [0.2, 0.25) is 0 Å². The topological polar surface area (TPSA) is 64.8 Å². The lowest BCUT2D eigenvalue weighted by Crippen LogP contribution is -2.01. The maximum Gasteiger partial charge on any atom is 0.0842 e. The fourth-order valence-corrected chi connectivity index (χ4v) is 4.96. The molecule has 7 heteroatoms. The van der Waals surface area contributed by atoms with E-state index in [0.717, 1.165) is 40.6 Å². The zero-order valence-electron chi connectivity index (χ0n) is 27.8. The van der Waals surface area contributed by atoms with Crippen molar-refractivity contribution in [3.63, 3.8) is 0 Å². The summed E-state index contributed by atoms with van der Waals surface area (Å²) in [5.41, 5.74) is 12.5. The van der Waals surface area contributed by atoms with Crippen molar-refractivity contribution in [2.75, 3.05) is 41.2 Å². The molecule has 0 aliphatic carbocycles. The third-order valence-electron chi connectivity index (χ3n) is 6.23. The average Bonchev–Trinajstić information content (AvgIpc) is 3.25. The van der Waals surface area contributed by atoms with E-state index in [-0.39, 0.29) is 0 Å². The Morgan fingerprint density at radius 1 is 0.595 bits per heavy atom. The number of ether oxygens (including phenoxy) is 3. The summed E-state index contributed by atoms with van der Waals surface area (Å²) in [4.78, 5) is 14.9. The number of aliphatic imine (C=N–C) groups is 3. The van der Waals surface area contributed by atoms with Crippen molar-refractivity contribution in [1.29, 1.82) is 0 Å². The Balaban J connectivity index is 0.000000316. The monoisotopic (exact) mass is 593 g/mol. The first-order chi connectivity index (χ1) is 20.0. The molecule has 6 nitrogen and oxygen atoms in total. The summed E-state index contributed by atoms with van der Waals surface area (Å²) < 4.78 is 15.1. The Morgan fingerprint density at radius 3 is 1.40 bits per heavy atom. The Labute approximate surface area is 258 Å². The SMILES string of the molecule is CCc1cccc(C)c1N=C(C)COC.COCC(C)=Nc1c(C)cccc1C.COCC(C)=Nc1c(C)csc1C. The molecule has 3 aromatic rings. The number of thiophene rings is 1. The summed E-state index contributed by atoms with van der Waals surface area (Å²) in [5.74, 6) is 0. The molecule has 0 aliphatic heterocycles. The van der Waals surface area contributed by atoms with Gasteiger partial charge in [-0.05, 0) is 95.0 Å². The van der Waals surface area contributed by atoms with Gasteiger partial charge in [0.25, 0.3) is 0 Å². The van der Waals surface area contributed by atoms with Crippen LogP contribution in [0.15, 0.2) is 56.8 Å². The van der Waals surface area contributed by atoms with Crippen LogP contribution in [0.3, 0.4) is 0 Å². The summed E-state index contributed by atoms with van der Waals surface area (Å²) >= 11 is 1.74. The van der Waals surface area contributed by atoms with Crippen LogP contribution in [0, 0.1) is 34.6 Å². The smallest absolute Gasteiger partial charge is 0.0842 e. The minimum absolute atomic E-state index is 0.591. The van der Waals surface area contributed by atoms with Crippen molar-refractivity contribution in [2.45, 2.75) is 68.7 Å². The van der Waals surface area contributed by atoms with Crippen LogP contribution in [0.1, 0.15) is 60.4 Å². The molecular weight excluding hydrogens is 542 g/mol. The van der Waals surface area contributed by atoms with Crippen LogP contribution in [-0.4, -0.2) is 58.3 Å². The zero-order chi connectivity index (χ0) is 31.7. The number of methoxy groups -OCH3 is 3.